The van der Waals surface area contributed by atoms with Crippen molar-refractivity contribution in [1.82, 2.24) is 9.21 Å². The van der Waals surface area contributed by atoms with Crippen LogP contribution in [0.2, 0.25) is 0 Å². The Morgan fingerprint density at radius 1 is 1.07 bits per heavy atom. The van der Waals surface area contributed by atoms with Crippen molar-refractivity contribution >= 4 is 15.9 Å². The molecule has 1 amide bonds. The molecule has 1 saturated heterocycles. The highest BCUT2D eigenvalue weighted by Gasteiger charge is 2.32. The molecule has 0 radical (unpaired) electrons. The Morgan fingerprint density at radius 2 is 1.73 bits per heavy atom. The number of amides is 1. The van der Waals surface area contributed by atoms with Gasteiger partial charge < -0.3 is 19.5 Å². The summed E-state index contributed by atoms with van der Waals surface area (Å²) in [5.74, 6) is 0.947. The predicted octanol–water partition coefficient (Wildman–Crippen LogP) is 2.01. The number of sulfonamides is 1. The SMILES string of the molecule is COc1ccc(C)cc1S(=O)(=O)N1CCN(C(=O)CCOc2ccc(O)cc2)CC1. The number of ether oxygens (including phenoxy) is 2. The second-order valence-corrected chi connectivity index (χ2v) is 8.94. The van der Waals surface area contributed by atoms with Crippen LogP contribution in [0.25, 0.3) is 0 Å². The number of carbonyl (C=O) groups is 1. The molecule has 0 aliphatic carbocycles. The van der Waals surface area contributed by atoms with E-state index in [1.807, 2.05) is 6.92 Å². The summed E-state index contributed by atoms with van der Waals surface area (Å²) in [5.41, 5.74) is 0.830. The first-order valence-electron chi connectivity index (χ1n) is 9.65. The third-order valence-corrected chi connectivity index (χ3v) is 6.87. The highest BCUT2D eigenvalue weighted by atomic mass is 32.2. The summed E-state index contributed by atoms with van der Waals surface area (Å²) in [6.07, 6.45) is 0.194. The number of nitrogens with zero attached hydrogens (tertiary/aromatic N) is 2. The fourth-order valence-electron chi connectivity index (χ4n) is 3.26. The number of aryl methyl sites for hydroxylation is 1. The van der Waals surface area contributed by atoms with E-state index in [4.69, 9.17) is 9.47 Å². The van der Waals surface area contributed by atoms with E-state index in [0.717, 1.165) is 5.56 Å². The van der Waals surface area contributed by atoms with Gasteiger partial charge in [0.2, 0.25) is 15.9 Å². The molecule has 1 N–H and O–H groups in total. The molecule has 1 fully saturated rings. The molecule has 3 rings (SSSR count). The molecule has 1 heterocycles. The van der Waals surface area contributed by atoms with Crippen LogP contribution >= 0.6 is 0 Å². The normalized spacial score (nSPS) is 15.1. The van der Waals surface area contributed by atoms with Gasteiger partial charge in [0.25, 0.3) is 0 Å². The number of hydrogen-bond donors (Lipinski definition) is 1. The third-order valence-electron chi connectivity index (χ3n) is 4.95. The van der Waals surface area contributed by atoms with Gasteiger partial charge in [-0.05, 0) is 48.9 Å². The Hall–Kier alpha value is -2.78. The van der Waals surface area contributed by atoms with Gasteiger partial charge in [0.1, 0.15) is 22.1 Å². The van der Waals surface area contributed by atoms with E-state index in [9.17, 15) is 18.3 Å². The smallest absolute Gasteiger partial charge is 0.246 e. The minimum atomic E-state index is -3.71. The molecule has 30 heavy (non-hydrogen) atoms. The van der Waals surface area contributed by atoms with E-state index in [1.54, 1.807) is 35.2 Å². The number of piperazine rings is 1. The third kappa shape index (κ3) is 5.03. The summed E-state index contributed by atoms with van der Waals surface area (Å²) < 4.78 is 38.2. The first kappa shape index (κ1) is 21.9. The predicted molar refractivity (Wildman–Crippen MR) is 111 cm³/mol. The summed E-state index contributed by atoms with van der Waals surface area (Å²) in [6.45, 7) is 3.14. The summed E-state index contributed by atoms with van der Waals surface area (Å²) >= 11 is 0. The van der Waals surface area contributed by atoms with E-state index >= 15 is 0 Å². The summed E-state index contributed by atoms with van der Waals surface area (Å²) in [5, 5.41) is 9.26. The van der Waals surface area contributed by atoms with Gasteiger partial charge >= 0.3 is 0 Å². The average molecular weight is 435 g/mol. The topological polar surface area (TPSA) is 96.4 Å². The van der Waals surface area contributed by atoms with Crippen LogP contribution < -0.4 is 9.47 Å². The molecule has 2 aromatic carbocycles. The minimum absolute atomic E-state index is 0.0843. The molecule has 1 aliphatic heterocycles. The van der Waals surface area contributed by atoms with Gasteiger partial charge in [-0.25, -0.2) is 8.42 Å². The van der Waals surface area contributed by atoms with Crippen molar-refractivity contribution in [2.75, 3.05) is 39.9 Å². The van der Waals surface area contributed by atoms with Crippen LogP contribution in [0.15, 0.2) is 47.4 Å². The van der Waals surface area contributed by atoms with Crippen LogP contribution in [-0.2, 0) is 14.8 Å². The van der Waals surface area contributed by atoms with Crippen molar-refractivity contribution in [2.24, 2.45) is 0 Å². The van der Waals surface area contributed by atoms with E-state index in [2.05, 4.69) is 0 Å². The number of methoxy groups -OCH3 is 1. The zero-order valence-electron chi connectivity index (χ0n) is 17.1. The standard InChI is InChI=1S/C21H26N2O6S/c1-16-3-8-19(28-2)20(15-16)30(26,27)23-12-10-22(11-13-23)21(25)9-14-29-18-6-4-17(24)5-7-18/h3-8,15,24H,9-14H2,1-2H3. The first-order chi connectivity index (χ1) is 14.3. The molecule has 0 aromatic heterocycles. The van der Waals surface area contributed by atoms with Crippen molar-refractivity contribution in [2.45, 2.75) is 18.2 Å². The zero-order valence-corrected chi connectivity index (χ0v) is 17.9. The fraction of sp³-hybridized carbons (Fsp3) is 0.381. The van der Waals surface area contributed by atoms with E-state index < -0.39 is 10.0 Å². The van der Waals surface area contributed by atoms with Crippen molar-refractivity contribution in [3.63, 3.8) is 0 Å². The lowest BCUT2D eigenvalue weighted by molar-refractivity contribution is -0.132. The maximum Gasteiger partial charge on any atom is 0.246 e. The molecule has 0 unspecified atom stereocenters. The van der Waals surface area contributed by atoms with Crippen LogP contribution in [-0.4, -0.2) is 68.5 Å². The van der Waals surface area contributed by atoms with E-state index in [0.29, 0.717) is 24.6 Å². The Morgan fingerprint density at radius 3 is 2.37 bits per heavy atom. The molecule has 2 aromatic rings. The average Bonchev–Trinajstić information content (AvgIpc) is 2.75. The summed E-state index contributed by atoms with van der Waals surface area (Å²) in [7, 11) is -2.26. The maximum atomic E-state index is 13.1. The van der Waals surface area contributed by atoms with E-state index in [-0.39, 0.29) is 42.7 Å². The molecule has 1 aliphatic rings. The second-order valence-electron chi connectivity index (χ2n) is 7.03. The van der Waals surface area contributed by atoms with Crippen molar-refractivity contribution in [1.29, 1.82) is 0 Å². The van der Waals surface area contributed by atoms with Crippen molar-refractivity contribution < 1.29 is 27.8 Å². The number of hydrogen-bond acceptors (Lipinski definition) is 6. The number of rotatable bonds is 7. The lowest BCUT2D eigenvalue weighted by Gasteiger charge is -2.34. The molecule has 0 spiro atoms. The molecule has 0 bridgehead atoms. The number of benzene rings is 2. The number of aromatic hydroxyl groups is 1. The lowest BCUT2D eigenvalue weighted by Crippen LogP contribution is -2.50. The maximum absolute atomic E-state index is 13.1. The van der Waals surface area contributed by atoms with Gasteiger partial charge in [-0.1, -0.05) is 6.07 Å². The van der Waals surface area contributed by atoms with Gasteiger partial charge in [0.15, 0.2) is 0 Å². The van der Waals surface area contributed by atoms with Crippen LogP contribution in [0.3, 0.4) is 0 Å². The van der Waals surface area contributed by atoms with E-state index in [1.165, 1.54) is 23.5 Å². The molecule has 0 atom stereocenters. The molecular weight excluding hydrogens is 408 g/mol. The number of phenolic OH excluding ortho intramolecular Hbond substituents is 1. The highest BCUT2D eigenvalue weighted by Crippen LogP contribution is 2.28. The van der Waals surface area contributed by atoms with Crippen molar-refractivity contribution in [3.8, 4) is 17.2 Å². The highest BCUT2D eigenvalue weighted by molar-refractivity contribution is 7.89. The minimum Gasteiger partial charge on any atom is -0.508 e. The summed E-state index contributed by atoms with van der Waals surface area (Å²) in [6, 6.07) is 11.3. The number of carbonyl (C=O) groups excluding carboxylic acids is 1. The Kier molecular flexibility index (Phi) is 6.84. The monoisotopic (exact) mass is 434 g/mol. The molecule has 162 valence electrons. The van der Waals surface area contributed by atoms with Gasteiger partial charge in [0.05, 0.1) is 20.1 Å². The van der Waals surface area contributed by atoms with Crippen LogP contribution in [0.1, 0.15) is 12.0 Å². The lowest BCUT2D eigenvalue weighted by atomic mass is 10.2. The van der Waals surface area contributed by atoms with Crippen molar-refractivity contribution in [3.05, 3.63) is 48.0 Å². The largest absolute Gasteiger partial charge is 0.508 e. The van der Waals surface area contributed by atoms with Gasteiger partial charge in [-0.3, -0.25) is 4.79 Å². The fourth-order valence-corrected chi connectivity index (χ4v) is 4.92. The quantitative estimate of drug-likeness (QED) is 0.716. The molecule has 0 saturated carbocycles. The van der Waals surface area contributed by atoms with Gasteiger partial charge in [-0.2, -0.15) is 4.31 Å². The van der Waals surface area contributed by atoms with Crippen LogP contribution in [0.5, 0.6) is 17.2 Å². The summed E-state index contributed by atoms with van der Waals surface area (Å²) in [4.78, 5) is 14.2. The Balaban J connectivity index is 1.54. The Labute approximate surface area is 176 Å². The number of phenols is 1. The molecule has 9 heteroatoms. The molecule has 8 nitrogen and oxygen atoms in total. The van der Waals surface area contributed by atoms with Gasteiger partial charge in [0, 0.05) is 26.2 Å². The van der Waals surface area contributed by atoms with Crippen LogP contribution in [0, 0.1) is 6.92 Å². The Bertz CT molecular complexity index is 983. The second kappa shape index (κ2) is 9.36. The first-order valence-corrected chi connectivity index (χ1v) is 11.1. The molecular formula is C21H26N2O6S. The van der Waals surface area contributed by atoms with Crippen LogP contribution in [0.4, 0.5) is 0 Å². The zero-order chi connectivity index (χ0) is 21.7. The van der Waals surface area contributed by atoms with Gasteiger partial charge in [-0.15, -0.1) is 0 Å².